The Kier molecular flexibility index (Phi) is 8.28. The summed E-state index contributed by atoms with van der Waals surface area (Å²) in [5.74, 6) is 1.84. The van der Waals surface area contributed by atoms with Gasteiger partial charge in [0.15, 0.2) is 0 Å². The second kappa shape index (κ2) is 11.0. The molecule has 4 heteroatoms. The van der Waals surface area contributed by atoms with Gasteiger partial charge in [-0.25, -0.2) is 0 Å². The van der Waals surface area contributed by atoms with Gasteiger partial charge in [0.05, 0.1) is 6.10 Å². The molecule has 0 aromatic heterocycles. The van der Waals surface area contributed by atoms with Gasteiger partial charge in [-0.05, 0) is 85.0 Å². The van der Waals surface area contributed by atoms with E-state index in [1.807, 2.05) is 19.2 Å². The fraction of sp³-hybridized carbons (Fsp3) is 0.767. The Morgan fingerprint density at radius 3 is 2.50 bits per heavy atom. The van der Waals surface area contributed by atoms with Gasteiger partial charge in [0.2, 0.25) is 5.91 Å². The Balaban J connectivity index is 1.44. The van der Waals surface area contributed by atoms with Gasteiger partial charge in [-0.3, -0.25) is 4.79 Å². The van der Waals surface area contributed by atoms with Crippen LogP contribution in [0.15, 0.2) is 18.2 Å². The molecule has 2 saturated carbocycles. The van der Waals surface area contributed by atoms with Crippen molar-refractivity contribution < 1.29 is 15.0 Å². The quantitative estimate of drug-likeness (QED) is 0.381. The predicted octanol–water partition coefficient (Wildman–Crippen LogP) is 6.58. The lowest BCUT2D eigenvalue weighted by Gasteiger charge is -2.54. The maximum absolute atomic E-state index is 13.3. The van der Waals surface area contributed by atoms with Gasteiger partial charge < -0.3 is 15.1 Å². The first kappa shape index (κ1) is 25.5. The normalized spacial score (nSPS) is 32.1. The molecular weight excluding hydrogens is 422 g/mol. The van der Waals surface area contributed by atoms with E-state index in [1.54, 1.807) is 0 Å². The van der Waals surface area contributed by atoms with E-state index in [2.05, 4.69) is 24.8 Å². The van der Waals surface area contributed by atoms with E-state index in [4.69, 9.17) is 0 Å². The minimum Gasteiger partial charge on any atom is -0.508 e. The number of rotatable bonds is 10. The summed E-state index contributed by atoms with van der Waals surface area (Å²) in [5.41, 5.74) is 2.54. The number of hydrogen-bond acceptors (Lipinski definition) is 3. The third-order valence-corrected chi connectivity index (χ3v) is 9.82. The molecule has 0 aliphatic heterocycles. The molecule has 34 heavy (non-hydrogen) atoms. The number of amides is 1. The lowest BCUT2D eigenvalue weighted by molar-refractivity contribution is -0.136. The number of aliphatic hydroxyl groups is 1. The van der Waals surface area contributed by atoms with Crippen molar-refractivity contribution in [3.05, 3.63) is 29.3 Å². The van der Waals surface area contributed by atoms with Crippen LogP contribution in [0.5, 0.6) is 5.75 Å². The van der Waals surface area contributed by atoms with Crippen LogP contribution >= 0.6 is 0 Å². The number of benzene rings is 1. The molecule has 1 amide bonds. The second-order valence-corrected chi connectivity index (χ2v) is 11.8. The summed E-state index contributed by atoms with van der Waals surface area (Å²) in [6.45, 7) is 4.54. The van der Waals surface area contributed by atoms with Crippen LogP contribution in [0.4, 0.5) is 0 Å². The monoisotopic (exact) mass is 469 g/mol. The van der Waals surface area contributed by atoms with Crippen molar-refractivity contribution in [3.8, 4) is 5.75 Å². The Hall–Kier alpha value is -1.55. The zero-order chi connectivity index (χ0) is 24.3. The minimum absolute atomic E-state index is 0.0322. The van der Waals surface area contributed by atoms with Gasteiger partial charge in [0, 0.05) is 19.5 Å². The third-order valence-electron chi connectivity index (χ3n) is 9.82. The first-order chi connectivity index (χ1) is 16.4. The van der Waals surface area contributed by atoms with Crippen LogP contribution in [0, 0.1) is 17.3 Å². The predicted molar refractivity (Wildman–Crippen MR) is 138 cm³/mol. The summed E-state index contributed by atoms with van der Waals surface area (Å²) in [6, 6.07) is 6.02. The van der Waals surface area contributed by atoms with Crippen LogP contribution in [0.3, 0.4) is 0 Å². The average molecular weight is 470 g/mol. The van der Waals surface area contributed by atoms with Crippen LogP contribution in [-0.2, 0) is 11.2 Å². The number of carbonyl (C=O) groups is 1. The van der Waals surface area contributed by atoms with Crippen LogP contribution in [-0.4, -0.2) is 40.2 Å². The van der Waals surface area contributed by atoms with E-state index in [-0.39, 0.29) is 23.5 Å². The van der Waals surface area contributed by atoms with Gasteiger partial charge in [-0.1, -0.05) is 64.9 Å². The summed E-state index contributed by atoms with van der Waals surface area (Å²) in [6.07, 6.45) is 15.2. The number of fused-ring (bicyclic) bond motifs is 5. The van der Waals surface area contributed by atoms with E-state index in [1.165, 1.54) is 49.7 Å². The molecule has 1 aromatic carbocycles. The molecule has 0 bridgehead atoms. The second-order valence-electron chi connectivity index (χ2n) is 11.8. The molecule has 0 radical (unpaired) electrons. The van der Waals surface area contributed by atoms with Gasteiger partial charge in [0.25, 0.3) is 0 Å². The highest BCUT2D eigenvalue weighted by molar-refractivity contribution is 5.76. The van der Waals surface area contributed by atoms with Crippen LogP contribution in [0.25, 0.3) is 0 Å². The van der Waals surface area contributed by atoms with Gasteiger partial charge >= 0.3 is 0 Å². The molecular formula is C30H47NO3. The van der Waals surface area contributed by atoms with Crippen LogP contribution in [0.2, 0.25) is 0 Å². The zero-order valence-corrected chi connectivity index (χ0v) is 21.8. The topological polar surface area (TPSA) is 60.8 Å². The van der Waals surface area contributed by atoms with Crippen LogP contribution in [0.1, 0.15) is 114 Å². The number of unbranched alkanes of at least 4 members (excludes halogenated alkanes) is 7. The number of carbonyl (C=O) groups excluding carboxylic acids is 1. The SMILES string of the molecule is CCCCCCCCCCC(=O)N(C)[C@@H]1Cc2cc(O)ccc2[C@H]2CC[C@]3(C)[C@@H](O)CC[C@H]3[C@H]21. The lowest BCUT2D eigenvalue weighted by Crippen LogP contribution is -2.55. The Labute approximate surface area is 207 Å². The molecule has 4 rings (SSSR count). The van der Waals surface area contributed by atoms with Gasteiger partial charge in [0.1, 0.15) is 5.75 Å². The molecule has 4 nitrogen and oxygen atoms in total. The Morgan fingerprint density at radius 1 is 1.06 bits per heavy atom. The molecule has 0 unspecified atom stereocenters. The molecule has 2 fully saturated rings. The summed E-state index contributed by atoms with van der Waals surface area (Å²) < 4.78 is 0. The van der Waals surface area contributed by atoms with Crippen molar-refractivity contribution in [1.82, 2.24) is 4.90 Å². The molecule has 0 saturated heterocycles. The van der Waals surface area contributed by atoms with E-state index < -0.39 is 0 Å². The van der Waals surface area contributed by atoms with E-state index in [0.717, 1.165) is 44.9 Å². The number of aliphatic hydroxyl groups excluding tert-OH is 1. The van der Waals surface area contributed by atoms with E-state index in [9.17, 15) is 15.0 Å². The highest BCUT2D eigenvalue weighted by Crippen LogP contribution is 2.61. The Bertz CT molecular complexity index is 838. The minimum atomic E-state index is -0.223. The highest BCUT2D eigenvalue weighted by Gasteiger charge is 2.57. The number of likely N-dealkylation sites (N-methyl/N-ethyl adjacent to an activating group) is 1. The van der Waals surface area contributed by atoms with Crippen molar-refractivity contribution in [2.75, 3.05) is 7.05 Å². The number of phenolic OH excluding ortho intramolecular Hbond substituents is 1. The van der Waals surface area contributed by atoms with E-state index >= 15 is 0 Å². The summed E-state index contributed by atoms with van der Waals surface area (Å²) in [5, 5.41) is 21.0. The van der Waals surface area contributed by atoms with Crippen LogP contribution < -0.4 is 0 Å². The summed E-state index contributed by atoms with van der Waals surface area (Å²) in [4.78, 5) is 15.4. The maximum atomic E-state index is 13.3. The summed E-state index contributed by atoms with van der Waals surface area (Å²) >= 11 is 0. The molecule has 3 aliphatic carbocycles. The first-order valence-electron chi connectivity index (χ1n) is 14.1. The van der Waals surface area contributed by atoms with Crippen molar-refractivity contribution in [2.24, 2.45) is 17.3 Å². The number of hydrogen-bond donors (Lipinski definition) is 2. The van der Waals surface area contributed by atoms with Crippen molar-refractivity contribution in [1.29, 1.82) is 0 Å². The lowest BCUT2D eigenvalue weighted by atomic mass is 9.54. The fourth-order valence-electron chi connectivity index (χ4n) is 7.73. The highest BCUT2D eigenvalue weighted by atomic mass is 16.3. The standard InChI is InChI=1S/C30H47NO3/c1-4-5-6-7-8-9-10-11-12-28(34)31(3)26-20-21-19-22(32)13-14-23(21)24-17-18-30(2)25(29(24)26)15-16-27(30)33/h13-14,19,24-27,29,32-33H,4-12,15-18,20H2,1-3H3/t24-,25+,26-,27+,29+,30+/m1/s1. The average Bonchev–Trinajstić information content (AvgIpc) is 3.13. The Morgan fingerprint density at radius 2 is 1.76 bits per heavy atom. The smallest absolute Gasteiger partial charge is 0.222 e. The summed E-state index contributed by atoms with van der Waals surface area (Å²) in [7, 11) is 2.01. The van der Waals surface area contributed by atoms with Crippen molar-refractivity contribution in [3.63, 3.8) is 0 Å². The zero-order valence-electron chi connectivity index (χ0n) is 21.8. The van der Waals surface area contributed by atoms with Gasteiger partial charge in [-0.15, -0.1) is 0 Å². The maximum Gasteiger partial charge on any atom is 0.222 e. The molecule has 190 valence electrons. The number of nitrogens with zero attached hydrogens (tertiary/aromatic N) is 1. The largest absolute Gasteiger partial charge is 0.508 e. The fourth-order valence-corrected chi connectivity index (χ4v) is 7.73. The molecule has 1 aromatic rings. The molecule has 6 atom stereocenters. The first-order valence-corrected chi connectivity index (χ1v) is 14.1. The number of aromatic hydroxyl groups is 1. The molecule has 0 spiro atoms. The van der Waals surface area contributed by atoms with E-state index in [0.29, 0.717) is 29.9 Å². The number of phenols is 1. The van der Waals surface area contributed by atoms with Crippen molar-refractivity contribution in [2.45, 2.75) is 122 Å². The third kappa shape index (κ3) is 5.03. The molecule has 0 heterocycles. The molecule has 3 aliphatic rings. The molecule has 2 N–H and O–H groups in total. The van der Waals surface area contributed by atoms with Gasteiger partial charge in [-0.2, -0.15) is 0 Å². The van der Waals surface area contributed by atoms with Crippen molar-refractivity contribution >= 4 is 5.91 Å².